The molecule has 0 aromatic carbocycles. The molecule has 0 saturated carbocycles. The van der Waals surface area contributed by atoms with Crippen LogP contribution in [0.25, 0.3) is 0 Å². The molecule has 5 atom stereocenters. The average Bonchev–Trinajstić information content (AvgIpc) is 2.25. The number of ether oxygens (including phenoxy) is 1. The van der Waals surface area contributed by atoms with E-state index in [9.17, 15) is 15.0 Å². The van der Waals surface area contributed by atoms with Crippen molar-refractivity contribution in [1.82, 2.24) is 5.32 Å². The van der Waals surface area contributed by atoms with Crippen molar-refractivity contribution in [2.45, 2.75) is 36.7 Å². The van der Waals surface area contributed by atoms with Gasteiger partial charge < -0.3 is 25.4 Å². The summed E-state index contributed by atoms with van der Waals surface area (Å²) in [6.45, 7) is 0.955. The summed E-state index contributed by atoms with van der Waals surface area (Å²) < 4.78 is 5.37. The highest BCUT2D eigenvalue weighted by Crippen LogP contribution is 2.26. The number of hydrogen-bond donors (Lipinski definition) is 4. The minimum absolute atomic E-state index is 0.304. The molecule has 94 valence electrons. The van der Waals surface area contributed by atoms with Crippen molar-refractivity contribution in [3.8, 4) is 0 Å². The van der Waals surface area contributed by atoms with Crippen LogP contribution in [0.2, 0.25) is 0 Å². The predicted molar refractivity (Wildman–Crippen MR) is 58.9 cm³/mol. The number of thioether (sulfide) groups is 1. The Balaban J connectivity index is 2.77. The van der Waals surface area contributed by atoms with E-state index < -0.39 is 29.8 Å². The van der Waals surface area contributed by atoms with Gasteiger partial charge in [-0.3, -0.25) is 4.79 Å². The van der Waals surface area contributed by atoms with Gasteiger partial charge in [0.25, 0.3) is 0 Å². The van der Waals surface area contributed by atoms with Crippen LogP contribution in [0.4, 0.5) is 0 Å². The van der Waals surface area contributed by atoms with Crippen LogP contribution in [0.5, 0.6) is 0 Å². The summed E-state index contributed by atoms with van der Waals surface area (Å²) >= 11 is 1.30. The van der Waals surface area contributed by atoms with Crippen molar-refractivity contribution in [3.63, 3.8) is 0 Å². The number of carbonyl (C=O) groups excluding carboxylic acids is 1. The summed E-state index contributed by atoms with van der Waals surface area (Å²) in [6.07, 6.45) is -1.41. The van der Waals surface area contributed by atoms with E-state index in [1.807, 2.05) is 0 Å². The zero-order valence-electron chi connectivity index (χ0n) is 9.16. The van der Waals surface area contributed by atoms with Gasteiger partial charge in [-0.25, -0.2) is 0 Å². The van der Waals surface area contributed by atoms with Crippen LogP contribution in [0, 0.1) is 0 Å². The average molecular weight is 251 g/mol. The smallest absolute Gasteiger partial charge is 0.217 e. The summed E-state index contributed by atoms with van der Waals surface area (Å²) in [5, 5.41) is 31.0. The van der Waals surface area contributed by atoms with E-state index in [0.29, 0.717) is 0 Å². The second-order valence-electron chi connectivity index (χ2n) is 3.67. The van der Waals surface area contributed by atoms with Gasteiger partial charge in [-0.2, -0.15) is 0 Å². The molecule has 6 nitrogen and oxygen atoms in total. The molecular formula is C9H17NO5S. The van der Waals surface area contributed by atoms with E-state index in [2.05, 4.69) is 5.32 Å². The molecular weight excluding hydrogens is 234 g/mol. The number of aliphatic hydroxyl groups is 3. The molecule has 1 aliphatic rings. The number of rotatable bonds is 3. The first-order valence-corrected chi connectivity index (χ1v) is 6.22. The van der Waals surface area contributed by atoms with Crippen molar-refractivity contribution in [1.29, 1.82) is 0 Å². The van der Waals surface area contributed by atoms with Crippen molar-refractivity contribution in [2.75, 3.05) is 12.9 Å². The van der Waals surface area contributed by atoms with Gasteiger partial charge >= 0.3 is 0 Å². The normalized spacial score (nSPS) is 39.4. The maximum atomic E-state index is 11.0. The molecule has 1 aliphatic heterocycles. The predicted octanol–water partition coefficient (Wildman–Crippen LogP) is -1.71. The van der Waals surface area contributed by atoms with Gasteiger partial charge in [-0.15, -0.1) is 11.8 Å². The number of hydrogen-bond acceptors (Lipinski definition) is 6. The van der Waals surface area contributed by atoms with Gasteiger partial charge in [0.2, 0.25) is 5.91 Å². The molecule has 0 bridgehead atoms. The molecule has 16 heavy (non-hydrogen) atoms. The van der Waals surface area contributed by atoms with E-state index in [-0.39, 0.29) is 12.5 Å². The van der Waals surface area contributed by atoms with Crippen molar-refractivity contribution >= 4 is 17.7 Å². The monoisotopic (exact) mass is 251 g/mol. The summed E-state index contributed by atoms with van der Waals surface area (Å²) in [5.41, 5.74) is -0.487. The zero-order chi connectivity index (χ0) is 12.3. The number of amides is 1. The largest absolute Gasteiger partial charge is 0.394 e. The van der Waals surface area contributed by atoms with Crippen molar-refractivity contribution in [2.24, 2.45) is 0 Å². The Morgan fingerprint density at radius 2 is 2.06 bits per heavy atom. The molecule has 0 aromatic rings. The highest BCUT2D eigenvalue weighted by Gasteiger charge is 2.44. The first-order chi connectivity index (χ1) is 7.51. The molecule has 0 aromatic heterocycles. The Bertz CT molecular complexity index is 250. The molecule has 1 rings (SSSR count). The number of aliphatic hydroxyl groups excluding tert-OH is 3. The Labute approximate surface area is 98.0 Å². The molecule has 5 unspecified atom stereocenters. The summed E-state index contributed by atoms with van der Waals surface area (Å²) in [5.74, 6) is -0.304. The topological polar surface area (TPSA) is 99.0 Å². The van der Waals surface area contributed by atoms with Crippen LogP contribution < -0.4 is 5.32 Å². The minimum Gasteiger partial charge on any atom is -0.394 e. The standard InChI is InChI=1S/C9H17NO5S/c1-4(12)10-6-8(14)7(13)5(3-11)15-9(6)16-2/h5-9,11,13-14H,3H2,1-2H3,(H,10,12). The molecule has 1 heterocycles. The zero-order valence-corrected chi connectivity index (χ0v) is 9.98. The Kier molecular flexibility index (Phi) is 5.00. The van der Waals surface area contributed by atoms with Gasteiger partial charge in [0.15, 0.2) is 0 Å². The van der Waals surface area contributed by atoms with Crippen LogP contribution in [-0.2, 0) is 9.53 Å². The lowest BCUT2D eigenvalue weighted by Crippen LogP contribution is -2.63. The van der Waals surface area contributed by atoms with Crippen LogP contribution in [0.15, 0.2) is 0 Å². The molecule has 1 amide bonds. The Morgan fingerprint density at radius 1 is 1.44 bits per heavy atom. The molecule has 0 spiro atoms. The number of carbonyl (C=O) groups is 1. The fourth-order valence-electron chi connectivity index (χ4n) is 1.67. The van der Waals surface area contributed by atoms with Gasteiger partial charge in [0.05, 0.1) is 12.6 Å². The number of nitrogens with one attached hydrogen (secondary N) is 1. The van der Waals surface area contributed by atoms with Crippen LogP contribution in [0.3, 0.4) is 0 Å². The second-order valence-corrected chi connectivity index (χ2v) is 4.60. The summed E-state index contributed by atoms with van der Waals surface area (Å²) in [4.78, 5) is 11.0. The first-order valence-electron chi connectivity index (χ1n) is 4.93. The highest BCUT2D eigenvalue weighted by atomic mass is 32.2. The van der Waals surface area contributed by atoms with Gasteiger partial charge in [-0.05, 0) is 6.26 Å². The molecule has 0 aliphatic carbocycles. The molecule has 7 heteroatoms. The third kappa shape index (κ3) is 2.86. The Hall–Kier alpha value is -0.340. The molecule has 4 N–H and O–H groups in total. The van der Waals surface area contributed by atoms with Crippen LogP contribution in [0.1, 0.15) is 6.92 Å². The fraction of sp³-hybridized carbons (Fsp3) is 0.889. The molecule has 1 saturated heterocycles. The fourth-order valence-corrected chi connectivity index (χ4v) is 2.45. The van der Waals surface area contributed by atoms with Crippen molar-refractivity contribution in [3.05, 3.63) is 0 Å². The third-order valence-corrected chi connectivity index (χ3v) is 3.35. The lowest BCUT2D eigenvalue weighted by molar-refractivity contribution is -0.173. The second kappa shape index (κ2) is 5.83. The van der Waals surface area contributed by atoms with Gasteiger partial charge in [0.1, 0.15) is 23.7 Å². The molecule has 0 radical (unpaired) electrons. The lowest BCUT2D eigenvalue weighted by atomic mass is 9.98. The van der Waals surface area contributed by atoms with Crippen molar-refractivity contribution < 1.29 is 24.9 Å². The third-order valence-electron chi connectivity index (χ3n) is 2.48. The van der Waals surface area contributed by atoms with E-state index in [1.54, 1.807) is 6.26 Å². The molecule has 1 fully saturated rings. The van der Waals surface area contributed by atoms with E-state index >= 15 is 0 Å². The lowest BCUT2D eigenvalue weighted by Gasteiger charge is -2.41. The van der Waals surface area contributed by atoms with E-state index in [4.69, 9.17) is 9.84 Å². The maximum absolute atomic E-state index is 11.0. The Morgan fingerprint density at radius 3 is 2.50 bits per heavy atom. The maximum Gasteiger partial charge on any atom is 0.217 e. The first kappa shape index (κ1) is 13.7. The minimum atomic E-state index is -1.20. The quantitative estimate of drug-likeness (QED) is 0.477. The van der Waals surface area contributed by atoms with Crippen LogP contribution in [-0.4, -0.2) is 63.9 Å². The summed E-state index contributed by atoms with van der Waals surface area (Å²) in [6, 6.07) is -0.676. The highest BCUT2D eigenvalue weighted by molar-refractivity contribution is 7.99. The van der Waals surface area contributed by atoms with Gasteiger partial charge in [-0.1, -0.05) is 0 Å². The van der Waals surface area contributed by atoms with Crippen LogP contribution >= 0.6 is 11.8 Å². The summed E-state index contributed by atoms with van der Waals surface area (Å²) in [7, 11) is 0. The van der Waals surface area contributed by atoms with E-state index in [1.165, 1.54) is 18.7 Å². The van der Waals surface area contributed by atoms with E-state index in [0.717, 1.165) is 0 Å². The van der Waals surface area contributed by atoms with Gasteiger partial charge in [0, 0.05) is 6.92 Å². The SMILES string of the molecule is CSC1OC(CO)C(O)C(O)C1NC(C)=O.